The van der Waals surface area contributed by atoms with Crippen LogP contribution in [0.3, 0.4) is 0 Å². The third-order valence-corrected chi connectivity index (χ3v) is 3.95. The molecule has 154 valence electrons. The van der Waals surface area contributed by atoms with Gasteiger partial charge in [-0.2, -0.15) is 0 Å². The van der Waals surface area contributed by atoms with Crippen LogP contribution >= 0.6 is 0 Å². The molecule has 0 bridgehead atoms. The molecule has 3 N–H and O–H groups in total. The highest BCUT2D eigenvalue weighted by Gasteiger charge is 2.33. The Kier molecular flexibility index (Phi) is 7.61. The summed E-state index contributed by atoms with van der Waals surface area (Å²) in [5.41, 5.74) is 4.86. The Bertz CT molecular complexity index is 462. The van der Waals surface area contributed by atoms with E-state index in [1.165, 1.54) is 4.90 Å². The van der Waals surface area contributed by atoms with E-state index in [2.05, 4.69) is 0 Å². The Labute approximate surface area is 157 Å². The van der Waals surface area contributed by atoms with Gasteiger partial charge in [0.05, 0.1) is 78.2 Å². The zero-order valence-corrected chi connectivity index (χ0v) is 15.2. The molecular weight excluding hydrogens is 362 g/mol. The molecule has 27 heavy (non-hydrogen) atoms. The fourth-order valence-electron chi connectivity index (χ4n) is 2.14. The molecule has 0 aromatic rings. The zero-order chi connectivity index (χ0) is 19.1. The van der Waals surface area contributed by atoms with Crippen molar-refractivity contribution in [1.82, 2.24) is 10.2 Å². The molecule has 4 aliphatic heterocycles. The fourth-order valence-corrected chi connectivity index (χ4v) is 2.14. The molecular formula is C16H27N3O8. The number of carbonyl (C=O) groups excluding carboxylic acids is 2. The van der Waals surface area contributed by atoms with Crippen LogP contribution in [0, 0.1) is 0 Å². The maximum atomic E-state index is 11.5. The second kappa shape index (κ2) is 10.2. The van der Waals surface area contributed by atoms with Crippen molar-refractivity contribution >= 4 is 12.1 Å². The molecule has 0 saturated carbocycles. The van der Waals surface area contributed by atoms with Gasteiger partial charge in [-0.15, -0.1) is 0 Å². The van der Waals surface area contributed by atoms with E-state index < -0.39 is 12.1 Å². The summed E-state index contributed by atoms with van der Waals surface area (Å²) in [4.78, 5) is 23.5. The van der Waals surface area contributed by atoms with Crippen LogP contribution in [0.25, 0.3) is 0 Å². The average Bonchev–Trinajstić information content (AvgIpc) is 3.44. The first kappa shape index (κ1) is 20.2. The summed E-state index contributed by atoms with van der Waals surface area (Å²) in [5.74, 6) is 0. The summed E-state index contributed by atoms with van der Waals surface area (Å²) in [7, 11) is 0. The van der Waals surface area contributed by atoms with Crippen LogP contribution < -0.4 is 11.1 Å². The molecule has 4 saturated heterocycles. The average molecular weight is 389 g/mol. The van der Waals surface area contributed by atoms with Crippen molar-refractivity contribution in [1.29, 1.82) is 0 Å². The number of hydrogen-bond donors (Lipinski definition) is 2. The van der Waals surface area contributed by atoms with Gasteiger partial charge in [0.15, 0.2) is 0 Å². The van der Waals surface area contributed by atoms with Gasteiger partial charge in [-0.3, -0.25) is 5.32 Å². The van der Waals surface area contributed by atoms with Crippen LogP contribution in [0.15, 0.2) is 0 Å². The maximum Gasteiger partial charge on any atom is 0.325 e. The number of epoxide rings is 4. The summed E-state index contributed by atoms with van der Waals surface area (Å²) in [5, 5.41) is 2.02. The molecule has 0 aromatic heterocycles. The van der Waals surface area contributed by atoms with Crippen LogP contribution in [0.2, 0.25) is 0 Å². The lowest BCUT2D eigenvalue weighted by molar-refractivity contribution is 0.0366. The smallest absolute Gasteiger partial charge is 0.325 e. The largest absolute Gasteiger partial charge is 0.376 e. The molecule has 0 aromatic carbocycles. The van der Waals surface area contributed by atoms with Crippen LogP contribution in [-0.4, -0.2) is 107 Å². The number of hydrogen-bond acceptors (Lipinski definition) is 8. The highest BCUT2D eigenvalue weighted by molar-refractivity contribution is 5.92. The molecule has 0 aliphatic carbocycles. The van der Waals surface area contributed by atoms with Gasteiger partial charge in [0.1, 0.15) is 12.2 Å². The zero-order valence-electron chi connectivity index (χ0n) is 15.2. The van der Waals surface area contributed by atoms with E-state index in [0.29, 0.717) is 64.9 Å². The number of amides is 4. The van der Waals surface area contributed by atoms with E-state index in [1.807, 2.05) is 5.32 Å². The highest BCUT2D eigenvalue weighted by Crippen LogP contribution is 2.15. The maximum absolute atomic E-state index is 11.5. The third-order valence-electron chi connectivity index (χ3n) is 3.95. The molecule has 4 aliphatic rings. The van der Waals surface area contributed by atoms with Gasteiger partial charge >= 0.3 is 12.1 Å². The summed E-state index contributed by atoms with van der Waals surface area (Å²) in [6, 6.07) is -1.34. The molecule has 4 fully saturated rings. The molecule has 4 rings (SSSR count). The van der Waals surface area contributed by atoms with Gasteiger partial charge in [0.2, 0.25) is 0 Å². The Balaban J connectivity index is 0.000000159. The monoisotopic (exact) mass is 389 g/mol. The molecule has 11 nitrogen and oxygen atoms in total. The number of rotatable bonds is 11. The van der Waals surface area contributed by atoms with Crippen molar-refractivity contribution in [2.75, 3.05) is 65.9 Å². The first-order chi connectivity index (χ1) is 13.1. The number of nitrogens with zero attached hydrogens (tertiary/aromatic N) is 1. The number of imide groups is 1. The lowest BCUT2D eigenvalue weighted by Crippen LogP contribution is -2.47. The molecule has 4 heterocycles. The highest BCUT2D eigenvalue weighted by atomic mass is 16.6. The Morgan fingerprint density at radius 2 is 1.26 bits per heavy atom. The van der Waals surface area contributed by atoms with Gasteiger partial charge in [-0.05, 0) is 0 Å². The first-order valence-corrected chi connectivity index (χ1v) is 9.07. The lowest BCUT2D eigenvalue weighted by Gasteiger charge is -2.20. The second-order valence-electron chi connectivity index (χ2n) is 6.67. The summed E-state index contributed by atoms with van der Waals surface area (Å²) >= 11 is 0. The van der Waals surface area contributed by atoms with Gasteiger partial charge in [-0.1, -0.05) is 0 Å². The minimum atomic E-state index is -0.849. The second-order valence-corrected chi connectivity index (χ2v) is 6.67. The van der Waals surface area contributed by atoms with Gasteiger partial charge < -0.3 is 39.1 Å². The predicted molar refractivity (Wildman–Crippen MR) is 90.3 cm³/mol. The number of carbonyl (C=O) groups is 2. The van der Waals surface area contributed by atoms with Crippen molar-refractivity contribution in [3.8, 4) is 0 Å². The predicted octanol–water partition coefficient (Wildman–Crippen LogP) is -1.31. The quantitative estimate of drug-likeness (QED) is 0.327. The summed E-state index contributed by atoms with van der Waals surface area (Å²) in [6.45, 7) is 6.72. The van der Waals surface area contributed by atoms with Crippen molar-refractivity contribution in [2.24, 2.45) is 5.73 Å². The van der Waals surface area contributed by atoms with Crippen LogP contribution in [0.1, 0.15) is 0 Å². The van der Waals surface area contributed by atoms with Crippen LogP contribution in [0.5, 0.6) is 0 Å². The van der Waals surface area contributed by atoms with Gasteiger partial charge in [0.25, 0.3) is 0 Å². The fraction of sp³-hybridized carbons (Fsp3) is 0.875. The minimum Gasteiger partial charge on any atom is -0.376 e. The molecule has 0 spiro atoms. The Morgan fingerprint density at radius 3 is 1.59 bits per heavy atom. The van der Waals surface area contributed by atoms with Crippen molar-refractivity contribution in [3.63, 3.8) is 0 Å². The number of ether oxygens (including phenoxy) is 6. The van der Waals surface area contributed by atoms with Crippen molar-refractivity contribution in [2.45, 2.75) is 24.4 Å². The van der Waals surface area contributed by atoms with Gasteiger partial charge in [-0.25, -0.2) is 9.59 Å². The third kappa shape index (κ3) is 9.84. The van der Waals surface area contributed by atoms with Crippen LogP contribution in [-0.2, 0) is 28.4 Å². The lowest BCUT2D eigenvalue weighted by atomic mass is 10.3. The van der Waals surface area contributed by atoms with Crippen molar-refractivity contribution in [3.05, 3.63) is 0 Å². The Hall–Kier alpha value is -1.50. The van der Waals surface area contributed by atoms with Crippen molar-refractivity contribution < 1.29 is 38.0 Å². The van der Waals surface area contributed by atoms with Gasteiger partial charge in [0, 0.05) is 0 Å². The molecule has 4 unspecified atom stereocenters. The molecule has 0 radical (unpaired) electrons. The summed E-state index contributed by atoms with van der Waals surface area (Å²) in [6.07, 6.45) is 0.887. The number of nitrogens with two attached hydrogens (primary N) is 1. The van der Waals surface area contributed by atoms with Crippen LogP contribution in [0.4, 0.5) is 9.59 Å². The van der Waals surface area contributed by atoms with E-state index in [1.54, 1.807) is 0 Å². The first-order valence-electron chi connectivity index (χ1n) is 9.07. The normalized spacial score (nSPS) is 29.2. The molecule has 4 atom stereocenters. The number of urea groups is 2. The van der Waals surface area contributed by atoms with E-state index in [4.69, 9.17) is 34.2 Å². The number of primary amides is 1. The standard InChI is InChI=1S/C8H13N3O4.C8H14O4/c9-7(12)10-8(13)11(1-5-3-14-5)2-6-4-15-6;1(9-3-7-5-11-7)2-10-4-8-6-12-8/h5-6H,1-4H2,(H3,9,10,12,13);7-8H,1-6H2. The van der Waals surface area contributed by atoms with E-state index in [-0.39, 0.29) is 12.2 Å². The minimum absolute atomic E-state index is 0.0855. The SMILES string of the molecule is C(COCC1CO1)OCC1CO1.NC(=O)NC(=O)N(CC1CO1)CC1CO1. The Morgan fingerprint density at radius 1 is 0.852 bits per heavy atom. The van der Waals surface area contributed by atoms with E-state index >= 15 is 0 Å². The van der Waals surface area contributed by atoms with E-state index in [9.17, 15) is 9.59 Å². The topological polar surface area (TPSA) is 144 Å². The summed E-state index contributed by atoms with van der Waals surface area (Å²) < 4.78 is 30.5. The molecule has 4 amide bonds. The van der Waals surface area contributed by atoms with E-state index in [0.717, 1.165) is 13.2 Å². The molecule has 11 heteroatoms. The number of nitrogens with one attached hydrogen (secondary N) is 1.